The second kappa shape index (κ2) is 7.62. The highest BCUT2D eigenvalue weighted by Crippen LogP contribution is 2.22. The molecule has 30 heavy (non-hydrogen) atoms. The van der Waals surface area contributed by atoms with Gasteiger partial charge in [0.1, 0.15) is 6.33 Å². The van der Waals surface area contributed by atoms with Crippen molar-refractivity contribution in [1.29, 1.82) is 0 Å². The molecule has 1 saturated heterocycles. The summed E-state index contributed by atoms with van der Waals surface area (Å²) < 4.78 is 34.3. The Kier molecular flexibility index (Phi) is 4.80. The van der Waals surface area contributed by atoms with E-state index in [9.17, 15) is 8.42 Å². The summed E-state index contributed by atoms with van der Waals surface area (Å²) in [5.41, 5.74) is 2.38. The van der Waals surface area contributed by atoms with E-state index in [1.807, 2.05) is 18.3 Å². The predicted molar refractivity (Wildman–Crippen MR) is 108 cm³/mol. The van der Waals surface area contributed by atoms with E-state index in [1.54, 1.807) is 39.3 Å². The largest absolute Gasteiger partial charge is 0.339 e. The van der Waals surface area contributed by atoms with Gasteiger partial charge in [0.05, 0.1) is 11.3 Å². The molecule has 1 fully saturated rings. The highest BCUT2D eigenvalue weighted by Gasteiger charge is 2.25. The summed E-state index contributed by atoms with van der Waals surface area (Å²) in [5, 5.41) is 11.9. The topological polar surface area (TPSA) is 106 Å². The lowest BCUT2D eigenvalue weighted by Gasteiger charge is -2.25. The van der Waals surface area contributed by atoms with Gasteiger partial charge in [-0.05, 0) is 42.7 Å². The molecule has 0 N–H and O–H groups in total. The normalized spacial score (nSPS) is 15.6. The lowest BCUT2D eigenvalue weighted by atomic mass is 10.1. The number of nitrogens with zero attached hydrogens (tertiary/aromatic N) is 6. The molecule has 4 aromatic rings. The Labute approximate surface area is 173 Å². The average Bonchev–Trinajstić information content (AvgIpc) is 3.43. The summed E-state index contributed by atoms with van der Waals surface area (Å²) >= 11 is 0. The van der Waals surface area contributed by atoms with E-state index in [2.05, 4.69) is 20.3 Å². The molecule has 0 saturated carbocycles. The van der Waals surface area contributed by atoms with Crippen LogP contribution in [0.25, 0.3) is 17.0 Å². The van der Waals surface area contributed by atoms with Crippen LogP contribution in [-0.4, -0.2) is 50.6 Å². The molecule has 0 atom stereocenters. The number of hydrogen-bond acceptors (Lipinski definition) is 7. The maximum atomic E-state index is 12.8. The molecule has 0 radical (unpaired) electrons. The van der Waals surface area contributed by atoms with Gasteiger partial charge in [0, 0.05) is 24.8 Å². The molecule has 9 nitrogen and oxygen atoms in total. The zero-order valence-corrected chi connectivity index (χ0v) is 17.0. The summed E-state index contributed by atoms with van der Waals surface area (Å²) in [5.74, 6) is 0.928. The average molecular weight is 424 g/mol. The molecule has 1 aliphatic heterocycles. The second-order valence-electron chi connectivity index (χ2n) is 7.31. The van der Waals surface area contributed by atoms with Gasteiger partial charge in [-0.1, -0.05) is 23.7 Å². The molecule has 0 spiro atoms. The molecule has 0 bridgehead atoms. The number of fused-ring (bicyclic) bond motifs is 1. The Bertz CT molecular complexity index is 1270. The molecule has 0 aliphatic carbocycles. The van der Waals surface area contributed by atoms with Crippen molar-refractivity contribution in [3.63, 3.8) is 0 Å². The number of rotatable bonds is 5. The van der Waals surface area contributed by atoms with E-state index in [0.29, 0.717) is 41.8 Å². The molecule has 0 amide bonds. The maximum Gasteiger partial charge on any atom is 0.243 e. The molecule has 4 heterocycles. The van der Waals surface area contributed by atoms with E-state index >= 15 is 0 Å². The standard InChI is InChI=1S/C20H20N6O3S/c27-30(28,26-9-2-1-3-10-26)17-6-4-15(5-7-17)12-19-22-20(24-29-19)16-8-11-25-14-21-23-18(25)13-16/h4-8,11,13-14H,1-3,9-10,12H2. The molecule has 0 unspecified atom stereocenters. The Hall–Kier alpha value is -3.11. The van der Waals surface area contributed by atoms with Crippen LogP contribution in [0.5, 0.6) is 0 Å². The molecule has 1 aliphatic rings. The summed E-state index contributed by atoms with van der Waals surface area (Å²) in [4.78, 5) is 4.77. The van der Waals surface area contributed by atoms with E-state index in [1.165, 1.54) is 0 Å². The van der Waals surface area contributed by atoms with Crippen molar-refractivity contribution < 1.29 is 12.9 Å². The van der Waals surface area contributed by atoms with E-state index < -0.39 is 10.0 Å². The van der Waals surface area contributed by atoms with Gasteiger partial charge in [0.25, 0.3) is 0 Å². The van der Waals surface area contributed by atoms with Gasteiger partial charge in [0.2, 0.25) is 21.7 Å². The van der Waals surface area contributed by atoms with Crippen LogP contribution in [0.3, 0.4) is 0 Å². The van der Waals surface area contributed by atoms with Crippen molar-refractivity contribution in [1.82, 2.24) is 29.0 Å². The van der Waals surface area contributed by atoms with E-state index in [0.717, 1.165) is 30.4 Å². The first kappa shape index (κ1) is 18.9. The fourth-order valence-electron chi connectivity index (χ4n) is 3.61. The summed E-state index contributed by atoms with van der Waals surface area (Å²) in [6, 6.07) is 10.6. The highest BCUT2D eigenvalue weighted by atomic mass is 32.2. The third kappa shape index (κ3) is 3.59. The first-order chi connectivity index (χ1) is 14.6. The molecular weight excluding hydrogens is 404 g/mol. The van der Waals surface area contributed by atoms with Gasteiger partial charge in [-0.3, -0.25) is 4.40 Å². The van der Waals surface area contributed by atoms with Crippen molar-refractivity contribution in [2.75, 3.05) is 13.1 Å². The van der Waals surface area contributed by atoms with Crippen LogP contribution in [0.15, 0.2) is 58.3 Å². The lowest BCUT2D eigenvalue weighted by Crippen LogP contribution is -2.35. The minimum absolute atomic E-state index is 0.320. The monoisotopic (exact) mass is 424 g/mol. The Morgan fingerprint density at radius 1 is 1.03 bits per heavy atom. The van der Waals surface area contributed by atoms with Gasteiger partial charge >= 0.3 is 0 Å². The number of hydrogen-bond donors (Lipinski definition) is 0. The Morgan fingerprint density at radius 2 is 1.83 bits per heavy atom. The van der Waals surface area contributed by atoms with Crippen molar-refractivity contribution in [3.05, 3.63) is 60.4 Å². The van der Waals surface area contributed by atoms with Gasteiger partial charge < -0.3 is 4.52 Å². The van der Waals surface area contributed by atoms with Gasteiger partial charge in [0.15, 0.2) is 5.65 Å². The summed E-state index contributed by atoms with van der Waals surface area (Å²) in [6.07, 6.45) is 6.80. The second-order valence-corrected chi connectivity index (χ2v) is 9.25. The molecule has 10 heteroatoms. The summed E-state index contributed by atoms with van der Waals surface area (Å²) in [6.45, 7) is 1.19. The number of aromatic nitrogens is 5. The third-order valence-corrected chi connectivity index (χ3v) is 7.17. The smallest absolute Gasteiger partial charge is 0.243 e. The van der Waals surface area contributed by atoms with Gasteiger partial charge in [-0.15, -0.1) is 10.2 Å². The van der Waals surface area contributed by atoms with Crippen molar-refractivity contribution in [2.24, 2.45) is 0 Å². The molecule has 1 aromatic carbocycles. The van der Waals surface area contributed by atoms with E-state index in [-0.39, 0.29) is 0 Å². The third-order valence-electron chi connectivity index (χ3n) is 5.26. The van der Waals surface area contributed by atoms with Crippen LogP contribution in [0.4, 0.5) is 0 Å². The van der Waals surface area contributed by atoms with Crippen LogP contribution >= 0.6 is 0 Å². The van der Waals surface area contributed by atoms with Crippen molar-refractivity contribution >= 4 is 15.7 Å². The maximum absolute atomic E-state index is 12.8. The van der Waals surface area contributed by atoms with Gasteiger partial charge in [-0.25, -0.2) is 8.42 Å². The zero-order chi connectivity index (χ0) is 20.6. The molecular formula is C20H20N6O3S. The fourth-order valence-corrected chi connectivity index (χ4v) is 5.13. The van der Waals surface area contributed by atoms with Crippen LogP contribution < -0.4 is 0 Å². The first-order valence-electron chi connectivity index (χ1n) is 9.81. The number of pyridine rings is 1. The first-order valence-corrected chi connectivity index (χ1v) is 11.2. The van der Waals surface area contributed by atoms with Crippen molar-refractivity contribution in [2.45, 2.75) is 30.6 Å². The minimum atomic E-state index is -3.43. The number of benzene rings is 1. The molecule has 154 valence electrons. The molecule has 3 aromatic heterocycles. The van der Waals surface area contributed by atoms with Crippen LogP contribution in [0.2, 0.25) is 0 Å². The van der Waals surface area contributed by atoms with Crippen LogP contribution in [-0.2, 0) is 16.4 Å². The van der Waals surface area contributed by atoms with Crippen LogP contribution in [0.1, 0.15) is 30.7 Å². The highest BCUT2D eigenvalue weighted by molar-refractivity contribution is 7.89. The SMILES string of the molecule is O=S(=O)(c1ccc(Cc2nc(-c3ccn4cnnc4c3)no2)cc1)N1CCCCC1. The lowest BCUT2D eigenvalue weighted by molar-refractivity contribution is 0.346. The minimum Gasteiger partial charge on any atom is -0.339 e. The van der Waals surface area contributed by atoms with Crippen LogP contribution in [0, 0.1) is 0 Å². The predicted octanol–water partition coefficient (Wildman–Crippen LogP) is 2.54. The Morgan fingerprint density at radius 3 is 2.63 bits per heavy atom. The zero-order valence-electron chi connectivity index (χ0n) is 16.2. The Balaban J connectivity index is 1.31. The fraction of sp³-hybridized carbons (Fsp3) is 0.300. The number of sulfonamides is 1. The van der Waals surface area contributed by atoms with Crippen molar-refractivity contribution in [3.8, 4) is 11.4 Å². The summed E-state index contributed by atoms with van der Waals surface area (Å²) in [7, 11) is -3.43. The van der Waals surface area contributed by atoms with Gasteiger partial charge in [-0.2, -0.15) is 9.29 Å². The van der Waals surface area contributed by atoms with E-state index in [4.69, 9.17) is 4.52 Å². The molecule has 5 rings (SSSR count). The number of piperidine rings is 1. The quantitative estimate of drug-likeness (QED) is 0.485.